The van der Waals surface area contributed by atoms with Crippen LogP contribution in [-0.4, -0.2) is 35.4 Å². The Morgan fingerprint density at radius 3 is 2.36 bits per heavy atom. The lowest BCUT2D eigenvalue weighted by atomic mass is 10.3. The molecule has 0 atom stereocenters. The highest BCUT2D eigenvalue weighted by Crippen LogP contribution is 2.19. The molecule has 0 aliphatic carbocycles. The second-order valence-corrected chi connectivity index (χ2v) is 6.95. The zero-order valence-corrected chi connectivity index (χ0v) is 10.2. The van der Waals surface area contributed by atoms with Crippen LogP contribution in [0, 0.1) is 0 Å². The van der Waals surface area contributed by atoms with Crippen molar-refractivity contribution >= 4 is 14.6 Å². The highest BCUT2D eigenvalue weighted by Gasteiger charge is 2.32. The van der Waals surface area contributed by atoms with Gasteiger partial charge in [-0.15, -0.1) is 0 Å². The summed E-state index contributed by atoms with van der Waals surface area (Å²) in [6, 6.07) is 1.92. The van der Waals surface area contributed by atoms with Crippen molar-refractivity contribution < 1.29 is 13.6 Å². The van der Waals surface area contributed by atoms with Gasteiger partial charge in [0.1, 0.15) is 0 Å². The Morgan fingerprint density at radius 2 is 1.93 bits per heavy atom. The Kier molecular flexibility index (Phi) is 7.61. The van der Waals surface area contributed by atoms with E-state index < -0.39 is 8.56 Å². The number of rotatable bonds is 8. The van der Waals surface area contributed by atoms with Crippen molar-refractivity contribution in [2.24, 2.45) is 4.99 Å². The Bertz CT molecular complexity index is 180. The Labute approximate surface area is 86.6 Å². The molecule has 5 heteroatoms. The summed E-state index contributed by atoms with van der Waals surface area (Å²) < 4.78 is 10.9. The molecule has 0 radical (unpaired) electrons. The maximum atomic E-state index is 9.80. The van der Waals surface area contributed by atoms with E-state index in [0.717, 1.165) is 24.9 Å². The molecule has 4 nitrogen and oxygen atoms in total. The van der Waals surface area contributed by atoms with Gasteiger partial charge in [0.25, 0.3) is 0 Å². The molecule has 0 saturated heterocycles. The van der Waals surface area contributed by atoms with Gasteiger partial charge in [-0.2, -0.15) is 0 Å². The number of nitrogens with zero attached hydrogens (tertiary/aromatic N) is 1. The average molecular weight is 217 g/mol. The van der Waals surface area contributed by atoms with E-state index in [1.807, 2.05) is 0 Å². The molecule has 0 bridgehead atoms. The molecule has 0 spiro atoms. The summed E-state index contributed by atoms with van der Waals surface area (Å²) in [7, 11) is 1.50. The van der Waals surface area contributed by atoms with Crippen molar-refractivity contribution in [1.29, 1.82) is 0 Å². The predicted molar refractivity (Wildman–Crippen MR) is 57.3 cm³/mol. The highest BCUT2D eigenvalue weighted by atomic mass is 28.4. The molecular formula is C9H19NO3Si. The topological polar surface area (TPSA) is 47.9 Å². The largest absolute Gasteiger partial charge is 0.398 e. The third kappa shape index (κ3) is 4.67. The van der Waals surface area contributed by atoms with E-state index in [9.17, 15) is 4.79 Å². The molecule has 0 amide bonds. The summed E-state index contributed by atoms with van der Waals surface area (Å²) in [5.41, 5.74) is 0. The van der Waals surface area contributed by atoms with Gasteiger partial charge in [0.05, 0.1) is 6.54 Å². The van der Waals surface area contributed by atoms with Gasteiger partial charge in [-0.25, -0.2) is 9.79 Å². The van der Waals surface area contributed by atoms with Crippen molar-refractivity contribution in [2.75, 3.05) is 20.8 Å². The summed E-state index contributed by atoms with van der Waals surface area (Å²) in [6.07, 6.45) is 3.42. The lowest BCUT2D eigenvalue weighted by molar-refractivity contribution is 0.241. The van der Waals surface area contributed by atoms with Crippen molar-refractivity contribution in [3.05, 3.63) is 0 Å². The van der Waals surface area contributed by atoms with E-state index in [4.69, 9.17) is 8.85 Å². The van der Waals surface area contributed by atoms with Crippen LogP contribution in [0.2, 0.25) is 12.1 Å². The van der Waals surface area contributed by atoms with Crippen LogP contribution in [0.4, 0.5) is 0 Å². The van der Waals surface area contributed by atoms with E-state index in [1.54, 1.807) is 14.2 Å². The predicted octanol–water partition coefficient (Wildman–Crippen LogP) is 1.86. The number of isocyanates is 1. The summed E-state index contributed by atoms with van der Waals surface area (Å²) in [4.78, 5) is 13.3. The molecule has 0 N–H and O–H groups in total. The minimum absolute atomic E-state index is 0.561. The second-order valence-electron chi connectivity index (χ2n) is 3.10. The van der Waals surface area contributed by atoms with Crippen LogP contribution in [-0.2, 0) is 13.6 Å². The average Bonchev–Trinajstić information content (AvgIpc) is 2.24. The summed E-state index contributed by atoms with van der Waals surface area (Å²) in [5.74, 6) is 0. The zero-order chi connectivity index (χ0) is 10.9. The van der Waals surface area contributed by atoms with Crippen LogP contribution in [0.5, 0.6) is 0 Å². The van der Waals surface area contributed by atoms with Gasteiger partial charge in [0.15, 0.2) is 0 Å². The number of unbranched alkanes of at least 4 members (excludes halogenated alkanes) is 1. The fourth-order valence-corrected chi connectivity index (χ4v) is 3.68. The minimum Gasteiger partial charge on any atom is -0.398 e. The number of aliphatic imine (C=N–C) groups is 1. The molecule has 82 valence electrons. The fourth-order valence-electron chi connectivity index (χ4n) is 1.38. The molecule has 0 aromatic heterocycles. The van der Waals surface area contributed by atoms with Gasteiger partial charge in [-0.3, -0.25) is 0 Å². The third-order valence-electron chi connectivity index (χ3n) is 2.42. The third-order valence-corrected chi connectivity index (χ3v) is 6.11. The van der Waals surface area contributed by atoms with Crippen molar-refractivity contribution in [1.82, 2.24) is 0 Å². The smallest absolute Gasteiger partial charge is 0.337 e. The van der Waals surface area contributed by atoms with Crippen LogP contribution in [0.25, 0.3) is 0 Å². The van der Waals surface area contributed by atoms with E-state index >= 15 is 0 Å². The van der Waals surface area contributed by atoms with Crippen LogP contribution in [0.1, 0.15) is 19.8 Å². The first-order valence-corrected chi connectivity index (χ1v) is 7.11. The van der Waals surface area contributed by atoms with Crippen LogP contribution < -0.4 is 0 Å². The standard InChI is InChI=1S/C9H19NO3Si/c1-4-14(12-2,13-3)8-6-5-7-10-9-11/h4-8H2,1-3H3. The molecule has 0 aromatic rings. The quantitative estimate of drug-likeness (QED) is 0.270. The normalized spacial score (nSPS) is 11.1. The zero-order valence-electron chi connectivity index (χ0n) is 9.21. The number of hydrogen-bond donors (Lipinski definition) is 0. The van der Waals surface area contributed by atoms with Crippen molar-refractivity contribution in [2.45, 2.75) is 31.9 Å². The maximum absolute atomic E-state index is 9.80. The molecule has 0 fully saturated rings. The van der Waals surface area contributed by atoms with Crippen LogP contribution in [0.3, 0.4) is 0 Å². The first-order chi connectivity index (χ1) is 6.74. The number of hydrogen-bond acceptors (Lipinski definition) is 4. The molecule has 0 heterocycles. The maximum Gasteiger partial charge on any atom is 0.337 e. The molecule has 14 heavy (non-hydrogen) atoms. The Morgan fingerprint density at radius 1 is 1.29 bits per heavy atom. The minimum atomic E-state index is -1.92. The molecule has 0 saturated carbocycles. The van der Waals surface area contributed by atoms with E-state index in [2.05, 4.69) is 11.9 Å². The molecule has 0 aliphatic rings. The van der Waals surface area contributed by atoms with Crippen molar-refractivity contribution in [3.8, 4) is 0 Å². The Hall–Kier alpha value is -0.483. The van der Waals surface area contributed by atoms with Gasteiger partial charge < -0.3 is 8.85 Å². The SMILES string of the molecule is CC[Si](CCCCN=C=O)(OC)OC. The highest BCUT2D eigenvalue weighted by molar-refractivity contribution is 6.67. The molecule has 0 aromatic carbocycles. The first kappa shape index (κ1) is 13.5. The molecule has 0 unspecified atom stereocenters. The van der Waals surface area contributed by atoms with Gasteiger partial charge in [0.2, 0.25) is 6.08 Å². The molecule has 0 aliphatic heterocycles. The fraction of sp³-hybridized carbons (Fsp3) is 0.889. The van der Waals surface area contributed by atoms with Crippen LogP contribution >= 0.6 is 0 Å². The van der Waals surface area contributed by atoms with E-state index in [-0.39, 0.29) is 0 Å². The summed E-state index contributed by atoms with van der Waals surface area (Å²) in [6.45, 7) is 2.65. The second kappa shape index (κ2) is 7.88. The van der Waals surface area contributed by atoms with Gasteiger partial charge in [0, 0.05) is 14.2 Å². The Balaban J connectivity index is 3.76. The lowest BCUT2D eigenvalue weighted by Crippen LogP contribution is -2.38. The summed E-state index contributed by atoms with van der Waals surface area (Å²) in [5, 5.41) is 0. The van der Waals surface area contributed by atoms with Gasteiger partial charge >= 0.3 is 8.56 Å². The van der Waals surface area contributed by atoms with Gasteiger partial charge in [-0.1, -0.05) is 6.92 Å². The van der Waals surface area contributed by atoms with Gasteiger partial charge in [-0.05, 0) is 24.9 Å². The molecule has 0 rings (SSSR count). The van der Waals surface area contributed by atoms with Crippen molar-refractivity contribution in [3.63, 3.8) is 0 Å². The lowest BCUT2D eigenvalue weighted by Gasteiger charge is -2.25. The molecular weight excluding hydrogens is 198 g/mol. The summed E-state index contributed by atoms with van der Waals surface area (Å²) >= 11 is 0. The van der Waals surface area contributed by atoms with E-state index in [0.29, 0.717) is 6.54 Å². The first-order valence-electron chi connectivity index (χ1n) is 4.88. The van der Waals surface area contributed by atoms with Crippen LogP contribution in [0.15, 0.2) is 4.99 Å². The van der Waals surface area contributed by atoms with E-state index in [1.165, 1.54) is 6.08 Å². The number of carbonyl (C=O) groups excluding carboxylic acids is 1. The monoisotopic (exact) mass is 217 g/mol.